The molecule has 2 aromatic rings. The molecule has 1 atom stereocenters. The Morgan fingerprint density at radius 1 is 0.905 bits per heavy atom. The van der Waals surface area contributed by atoms with Crippen LogP contribution in [-0.2, 0) is 0 Å². The highest BCUT2D eigenvalue weighted by molar-refractivity contribution is 5.40. The summed E-state index contributed by atoms with van der Waals surface area (Å²) in [6.07, 6.45) is 3.99. The van der Waals surface area contributed by atoms with Crippen LogP contribution in [0.2, 0.25) is 0 Å². The molecule has 110 valence electrons. The van der Waals surface area contributed by atoms with Gasteiger partial charge in [0.1, 0.15) is 0 Å². The first-order chi connectivity index (χ1) is 10.2. The molecule has 0 heterocycles. The average Bonchev–Trinajstić information content (AvgIpc) is 2.45. The lowest BCUT2D eigenvalue weighted by Gasteiger charge is -2.29. The first-order valence-electron chi connectivity index (χ1n) is 8.11. The Labute approximate surface area is 128 Å². The number of hydrogen-bond donors (Lipinski definition) is 1. The van der Waals surface area contributed by atoms with Gasteiger partial charge in [-0.1, -0.05) is 68.8 Å². The van der Waals surface area contributed by atoms with E-state index in [4.69, 9.17) is 5.73 Å². The maximum Gasteiger partial charge on any atom is 0.0554 e. The summed E-state index contributed by atoms with van der Waals surface area (Å²) in [6.45, 7) is 4.45. The topological polar surface area (TPSA) is 26.0 Å². The van der Waals surface area contributed by atoms with Gasteiger partial charge in [0, 0.05) is 0 Å². The lowest BCUT2D eigenvalue weighted by molar-refractivity contribution is 0.416. The van der Waals surface area contributed by atoms with Crippen molar-refractivity contribution >= 4 is 0 Å². The minimum absolute atomic E-state index is 0.0111. The summed E-state index contributed by atoms with van der Waals surface area (Å²) < 4.78 is 0. The lowest BCUT2D eigenvalue weighted by Crippen LogP contribution is -2.18. The van der Waals surface area contributed by atoms with E-state index in [-0.39, 0.29) is 6.04 Å². The van der Waals surface area contributed by atoms with Crippen LogP contribution in [0.15, 0.2) is 48.5 Å². The van der Waals surface area contributed by atoms with E-state index in [1.807, 2.05) is 0 Å². The monoisotopic (exact) mass is 279 g/mol. The van der Waals surface area contributed by atoms with Gasteiger partial charge in [-0.25, -0.2) is 0 Å². The molecule has 1 saturated carbocycles. The molecule has 1 heteroatoms. The zero-order chi connectivity index (χ0) is 14.8. The smallest absolute Gasteiger partial charge is 0.0554 e. The Morgan fingerprint density at radius 2 is 1.52 bits per heavy atom. The predicted molar refractivity (Wildman–Crippen MR) is 89.6 cm³/mol. The van der Waals surface area contributed by atoms with E-state index >= 15 is 0 Å². The van der Waals surface area contributed by atoms with Gasteiger partial charge in [0.2, 0.25) is 0 Å². The molecular weight excluding hydrogens is 254 g/mol. The van der Waals surface area contributed by atoms with Gasteiger partial charge >= 0.3 is 0 Å². The molecule has 21 heavy (non-hydrogen) atoms. The van der Waals surface area contributed by atoms with Crippen LogP contribution in [0.25, 0.3) is 0 Å². The maximum absolute atomic E-state index is 6.56. The summed E-state index contributed by atoms with van der Waals surface area (Å²) >= 11 is 0. The van der Waals surface area contributed by atoms with Crippen molar-refractivity contribution in [3.05, 3.63) is 70.8 Å². The molecule has 1 unspecified atom stereocenters. The van der Waals surface area contributed by atoms with Crippen molar-refractivity contribution in [2.45, 2.75) is 51.0 Å². The third-order valence-electron chi connectivity index (χ3n) is 4.84. The second-order valence-corrected chi connectivity index (χ2v) is 6.56. The summed E-state index contributed by atoms with van der Waals surface area (Å²) in [5, 5.41) is 0. The standard InChI is InChI=1S/C20H25N/c1-14(2)15-10-12-17(13-11-15)20(21)19-9-4-3-8-18(19)16-6-5-7-16/h3-4,8-14,16,20H,5-7,21H2,1-2H3. The van der Waals surface area contributed by atoms with Gasteiger partial charge in [0.15, 0.2) is 0 Å². The highest BCUT2D eigenvalue weighted by Gasteiger charge is 2.24. The minimum Gasteiger partial charge on any atom is -0.320 e. The summed E-state index contributed by atoms with van der Waals surface area (Å²) in [5.74, 6) is 1.29. The van der Waals surface area contributed by atoms with E-state index < -0.39 is 0 Å². The van der Waals surface area contributed by atoms with E-state index in [1.54, 1.807) is 0 Å². The van der Waals surface area contributed by atoms with Gasteiger partial charge in [0.05, 0.1) is 6.04 Å². The molecule has 1 fully saturated rings. The average molecular weight is 279 g/mol. The first kappa shape index (κ1) is 14.3. The Kier molecular flexibility index (Phi) is 4.12. The summed E-state index contributed by atoms with van der Waals surface area (Å²) in [4.78, 5) is 0. The van der Waals surface area contributed by atoms with Crippen LogP contribution in [0, 0.1) is 0 Å². The summed E-state index contributed by atoms with van der Waals surface area (Å²) in [6, 6.07) is 17.5. The van der Waals surface area contributed by atoms with E-state index in [0.29, 0.717) is 5.92 Å². The van der Waals surface area contributed by atoms with Gasteiger partial charge < -0.3 is 5.73 Å². The quantitative estimate of drug-likeness (QED) is 0.825. The fourth-order valence-corrected chi connectivity index (χ4v) is 3.15. The SMILES string of the molecule is CC(C)c1ccc(C(N)c2ccccc2C2CCC2)cc1. The first-order valence-corrected chi connectivity index (χ1v) is 8.11. The molecule has 2 aromatic carbocycles. The predicted octanol–water partition coefficient (Wildman–Crippen LogP) is 5.13. The van der Waals surface area contributed by atoms with Crippen LogP contribution in [-0.4, -0.2) is 0 Å². The van der Waals surface area contributed by atoms with Crippen LogP contribution in [0.4, 0.5) is 0 Å². The number of rotatable bonds is 4. The van der Waals surface area contributed by atoms with E-state index in [1.165, 1.54) is 41.5 Å². The maximum atomic E-state index is 6.56. The lowest BCUT2D eigenvalue weighted by atomic mass is 9.76. The molecule has 3 rings (SSSR count). The molecule has 1 nitrogen and oxygen atoms in total. The highest BCUT2D eigenvalue weighted by atomic mass is 14.6. The molecule has 0 amide bonds. The van der Waals surface area contributed by atoms with Crippen LogP contribution in [0.3, 0.4) is 0 Å². The number of hydrogen-bond acceptors (Lipinski definition) is 1. The van der Waals surface area contributed by atoms with Crippen molar-refractivity contribution in [3.8, 4) is 0 Å². The minimum atomic E-state index is -0.0111. The van der Waals surface area contributed by atoms with E-state index in [2.05, 4.69) is 62.4 Å². The fraction of sp³-hybridized carbons (Fsp3) is 0.400. The van der Waals surface area contributed by atoms with E-state index in [9.17, 15) is 0 Å². The molecule has 1 aliphatic carbocycles. The molecule has 0 radical (unpaired) electrons. The third-order valence-corrected chi connectivity index (χ3v) is 4.84. The van der Waals surface area contributed by atoms with Gasteiger partial charge in [-0.05, 0) is 46.9 Å². The number of benzene rings is 2. The summed E-state index contributed by atoms with van der Waals surface area (Å²) in [5.41, 5.74) is 11.9. The van der Waals surface area contributed by atoms with Crippen molar-refractivity contribution in [1.82, 2.24) is 0 Å². The van der Waals surface area contributed by atoms with Crippen molar-refractivity contribution < 1.29 is 0 Å². The molecule has 0 bridgehead atoms. The third kappa shape index (κ3) is 2.89. The zero-order valence-electron chi connectivity index (χ0n) is 13.0. The fourth-order valence-electron chi connectivity index (χ4n) is 3.15. The molecule has 2 N–H and O–H groups in total. The van der Waals surface area contributed by atoms with Crippen LogP contribution < -0.4 is 5.73 Å². The Bertz CT molecular complexity index is 593. The molecule has 0 saturated heterocycles. The highest BCUT2D eigenvalue weighted by Crippen LogP contribution is 2.40. The Morgan fingerprint density at radius 3 is 2.10 bits per heavy atom. The summed E-state index contributed by atoms with van der Waals surface area (Å²) in [7, 11) is 0. The van der Waals surface area contributed by atoms with Gasteiger partial charge in [-0.15, -0.1) is 0 Å². The van der Waals surface area contributed by atoms with Crippen LogP contribution in [0.5, 0.6) is 0 Å². The van der Waals surface area contributed by atoms with E-state index in [0.717, 1.165) is 5.92 Å². The van der Waals surface area contributed by atoms with Crippen molar-refractivity contribution in [2.24, 2.45) is 5.73 Å². The van der Waals surface area contributed by atoms with Gasteiger partial charge in [0.25, 0.3) is 0 Å². The molecule has 0 aromatic heterocycles. The Hall–Kier alpha value is -1.60. The largest absolute Gasteiger partial charge is 0.320 e. The molecule has 0 aliphatic heterocycles. The van der Waals surface area contributed by atoms with Crippen molar-refractivity contribution in [3.63, 3.8) is 0 Å². The van der Waals surface area contributed by atoms with Crippen LogP contribution in [0.1, 0.15) is 73.2 Å². The van der Waals surface area contributed by atoms with Crippen LogP contribution >= 0.6 is 0 Å². The second kappa shape index (κ2) is 6.03. The van der Waals surface area contributed by atoms with Crippen molar-refractivity contribution in [2.75, 3.05) is 0 Å². The molecular formula is C20H25N. The van der Waals surface area contributed by atoms with Crippen molar-refractivity contribution in [1.29, 1.82) is 0 Å². The molecule has 0 spiro atoms. The normalized spacial score (nSPS) is 16.8. The number of nitrogens with two attached hydrogens (primary N) is 1. The molecule has 1 aliphatic rings. The van der Waals surface area contributed by atoms with Gasteiger partial charge in [-0.3, -0.25) is 0 Å². The second-order valence-electron chi connectivity index (χ2n) is 6.56. The Balaban J connectivity index is 1.89. The zero-order valence-corrected chi connectivity index (χ0v) is 13.0. The van der Waals surface area contributed by atoms with Gasteiger partial charge in [-0.2, -0.15) is 0 Å².